The summed E-state index contributed by atoms with van der Waals surface area (Å²) in [5, 5.41) is 4.05. The fraction of sp³-hybridized carbons (Fsp3) is 0.682. The quantitative estimate of drug-likeness (QED) is 0.310. The number of nitrogens with one attached hydrogen (secondary N) is 1. The molecular formula is C22H35ClIN3O3. The minimum atomic E-state index is -0.0250. The van der Waals surface area contributed by atoms with E-state index in [1.807, 2.05) is 38.2 Å². The number of halogens is 2. The number of hydrogen-bond acceptors (Lipinski definition) is 4. The smallest absolute Gasteiger partial charge is 0.193 e. The van der Waals surface area contributed by atoms with Gasteiger partial charge >= 0.3 is 0 Å². The number of aliphatic imine (C=N–C) groups is 1. The molecule has 1 aromatic rings. The third-order valence-corrected chi connectivity index (χ3v) is 5.77. The van der Waals surface area contributed by atoms with Crippen LogP contribution in [0, 0.1) is 0 Å². The Morgan fingerprint density at radius 2 is 2.03 bits per heavy atom. The van der Waals surface area contributed by atoms with Crippen LogP contribution in [-0.4, -0.2) is 69.1 Å². The van der Waals surface area contributed by atoms with E-state index in [1.54, 1.807) is 0 Å². The Labute approximate surface area is 202 Å². The number of benzene rings is 1. The van der Waals surface area contributed by atoms with E-state index in [0.717, 1.165) is 51.5 Å². The summed E-state index contributed by atoms with van der Waals surface area (Å²) in [4.78, 5) is 6.73. The molecule has 1 aromatic carbocycles. The van der Waals surface area contributed by atoms with Crippen LogP contribution < -0.4 is 10.1 Å². The predicted molar refractivity (Wildman–Crippen MR) is 132 cm³/mol. The lowest BCUT2D eigenvalue weighted by molar-refractivity contribution is -0.0721. The van der Waals surface area contributed by atoms with Gasteiger partial charge in [0.25, 0.3) is 0 Å². The molecule has 0 aromatic heterocycles. The maximum atomic E-state index is 6.17. The third-order valence-electron chi connectivity index (χ3n) is 5.46. The molecule has 2 aliphatic rings. The Balaban J connectivity index is 0.00000320. The Morgan fingerprint density at radius 1 is 1.27 bits per heavy atom. The largest absolute Gasteiger partial charge is 0.487 e. The van der Waals surface area contributed by atoms with E-state index in [4.69, 9.17) is 25.8 Å². The lowest BCUT2D eigenvalue weighted by atomic mass is 10.1. The summed E-state index contributed by atoms with van der Waals surface area (Å²) < 4.78 is 17.8. The van der Waals surface area contributed by atoms with Crippen LogP contribution in [0.1, 0.15) is 39.0 Å². The number of guanidine groups is 1. The average molecular weight is 552 g/mol. The van der Waals surface area contributed by atoms with E-state index in [0.29, 0.717) is 23.4 Å². The van der Waals surface area contributed by atoms with Gasteiger partial charge in [0, 0.05) is 26.7 Å². The Morgan fingerprint density at radius 3 is 2.70 bits per heavy atom. The van der Waals surface area contributed by atoms with Crippen LogP contribution in [0.2, 0.25) is 5.02 Å². The van der Waals surface area contributed by atoms with E-state index in [-0.39, 0.29) is 36.2 Å². The van der Waals surface area contributed by atoms with Gasteiger partial charge in [-0.1, -0.05) is 23.7 Å². The van der Waals surface area contributed by atoms with Crippen molar-refractivity contribution in [2.45, 2.75) is 57.3 Å². The maximum absolute atomic E-state index is 6.17. The number of ether oxygens (including phenoxy) is 3. The minimum absolute atomic E-state index is 0. The first kappa shape index (κ1) is 25.5. The first-order chi connectivity index (χ1) is 14.2. The number of likely N-dealkylation sites (tertiary alicyclic amines) is 1. The van der Waals surface area contributed by atoms with E-state index in [2.05, 4.69) is 15.2 Å². The van der Waals surface area contributed by atoms with Crippen molar-refractivity contribution in [1.29, 1.82) is 0 Å². The number of hydrogen-bond donors (Lipinski definition) is 1. The fourth-order valence-corrected chi connectivity index (χ4v) is 3.96. The van der Waals surface area contributed by atoms with Crippen molar-refractivity contribution in [2.24, 2.45) is 4.99 Å². The number of para-hydroxylation sites is 1. The van der Waals surface area contributed by atoms with Gasteiger partial charge in [-0.25, -0.2) is 0 Å². The molecule has 170 valence electrons. The molecule has 0 bridgehead atoms. The molecule has 2 fully saturated rings. The normalized spacial score (nSPS) is 21.6. The standard InChI is InChI=1S/C22H34ClN3O3.HI/c1-17(29-21-9-4-3-8-20(21)23)15-25-22(24-2)26-12-10-18(11-13-26)28-16-19-7-5-6-14-27-19;/h3-4,8-9,17-19H,5-7,10-16H2,1-2H3,(H,24,25);1H. The second-order valence-electron chi connectivity index (χ2n) is 7.80. The van der Waals surface area contributed by atoms with Crippen molar-refractivity contribution in [3.05, 3.63) is 29.3 Å². The summed E-state index contributed by atoms with van der Waals surface area (Å²) in [6.45, 7) is 6.18. The van der Waals surface area contributed by atoms with Crippen LogP contribution in [0.5, 0.6) is 5.75 Å². The topological polar surface area (TPSA) is 55.3 Å². The molecule has 2 saturated heterocycles. The van der Waals surface area contributed by atoms with Crippen molar-refractivity contribution >= 4 is 41.5 Å². The molecule has 6 nitrogen and oxygen atoms in total. The molecule has 0 spiro atoms. The molecule has 8 heteroatoms. The number of rotatable bonds is 7. The van der Waals surface area contributed by atoms with Crippen molar-refractivity contribution < 1.29 is 14.2 Å². The molecule has 0 aliphatic carbocycles. The molecular weight excluding hydrogens is 517 g/mol. The Kier molecular flexibility index (Phi) is 11.6. The summed E-state index contributed by atoms with van der Waals surface area (Å²) in [5.41, 5.74) is 0. The summed E-state index contributed by atoms with van der Waals surface area (Å²) in [6.07, 6.45) is 6.18. The summed E-state index contributed by atoms with van der Waals surface area (Å²) in [6, 6.07) is 7.54. The zero-order valence-corrected chi connectivity index (χ0v) is 21.1. The Bertz CT molecular complexity index is 650. The lowest BCUT2D eigenvalue weighted by Gasteiger charge is -2.35. The number of piperidine rings is 1. The molecule has 2 atom stereocenters. The maximum Gasteiger partial charge on any atom is 0.193 e. The van der Waals surface area contributed by atoms with E-state index in [1.165, 1.54) is 12.8 Å². The third kappa shape index (κ3) is 8.05. The second kappa shape index (κ2) is 13.6. The molecule has 2 aliphatic heterocycles. The van der Waals surface area contributed by atoms with Gasteiger partial charge in [-0.3, -0.25) is 4.99 Å². The minimum Gasteiger partial charge on any atom is -0.487 e. The van der Waals surface area contributed by atoms with Gasteiger partial charge in [0.05, 0.1) is 30.4 Å². The van der Waals surface area contributed by atoms with Gasteiger partial charge in [-0.2, -0.15) is 0 Å². The van der Waals surface area contributed by atoms with Crippen molar-refractivity contribution in [3.8, 4) is 5.75 Å². The summed E-state index contributed by atoms with van der Waals surface area (Å²) >= 11 is 6.17. The van der Waals surface area contributed by atoms with Gasteiger partial charge in [0.15, 0.2) is 5.96 Å². The zero-order valence-electron chi connectivity index (χ0n) is 18.0. The van der Waals surface area contributed by atoms with Crippen LogP contribution in [0.4, 0.5) is 0 Å². The summed E-state index contributed by atoms with van der Waals surface area (Å²) in [7, 11) is 1.82. The molecule has 2 heterocycles. The Hall–Kier alpha value is -0.770. The monoisotopic (exact) mass is 551 g/mol. The van der Waals surface area contributed by atoms with E-state index < -0.39 is 0 Å². The highest BCUT2D eigenvalue weighted by molar-refractivity contribution is 14.0. The highest BCUT2D eigenvalue weighted by Gasteiger charge is 2.24. The van der Waals surface area contributed by atoms with Crippen molar-refractivity contribution in [3.63, 3.8) is 0 Å². The highest BCUT2D eigenvalue weighted by Crippen LogP contribution is 2.24. The lowest BCUT2D eigenvalue weighted by Crippen LogP contribution is -2.49. The van der Waals surface area contributed by atoms with Crippen LogP contribution in [0.3, 0.4) is 0 Å². The van der Waals surface area contributed by atoms with Crippen LogP contribution in [0.15, 0.2) is 29.3 Å². The van der Waals surface area contributed by atoms with Crippen LogP contribution >= 0.6 is 35.6 Å². The average Bonchev–Trinajstić information content (AvgIpc) is 2.76. The first-order valence-corrected chi connectivity index (χ1v) is 11.1. The fourth-order valence-electron chi connectivity index (χ4n) is 3.78. The van der Waals surface area contributed by atoms with Crippen LogP contribution in [-0.2, 0) is 9.47 Å². The molecule has 0 saturated carbocycles. The molecule has 0 amide bonds. The predicted octanol–water partition coefficient (Wildman–Crippen LogP) is 4.35. The van der Waals surface area contributed by atoms with E-state index in [9.17, 15) is 0 Å². The first-order valence-electron chi connectivity index (χ1n) is 10.8. The van der Waals surface area contributed by atoms with Crippen molar-refractivity contribution in [2.75, 3.05) is 39.9 Å². The van der Waals surface area contributed by atoms with Crippen LogP contribution in [0.25, 0.3) is 0 Å². The molecule has 30 heavy (non-hydrogen) atoms. The van der Waals surface area contributed by atoms with Gasteiger partial charge in [0.1, 0.15) is 11.9 Å². The van der Waals surface area contributed by atoms with Crippen molar-refractivity contribution in [1.82, 2.24) is 10.2 Å². The second-order valence-corrected chi connectivity index (χ2v) is 8.20. The van der Waals surface area contributed by atoms with Gasteiger partial charge in [0.2, 0.25) is 0 Å². The SMILES string of the molecule is CN=C(NCC(C)Oc1ccccc1Cl)N1CCC(OCC2CCCCO2)CC1.I. The number of nitrogens with zero attached hydrogens (tertiary/aromatic N) is 2. The molecule has 1 N–H and O–H groups in total. The summed E-state index contributed by atoms with van der Waals surface area (Å²) in [5.74, 6) is 1.62. The molecule has 0 radical (unpaired) electrons. The molecule has 3 rings (SSSR count). The molecule has 2 unspecified atom stereocenters. The zero-order chi connectivity index (χ0) is 20.5. The van der Waals surface area contributed by atoms with Gasteiger partial charge in [-0.05, 0) is 51.2 Å². The van der Waals surface area contributed by atoms with E-state index >= 15 is 0 Å². The highest BCUT2D eigenvalue weighted by atomic mass is 127. The van der Waals surface area contributed by atoms with Gasteiger partial charge in [-0.15, -0.1) is 24.0 Å². The van der Waals surface area contributed by atoms with Gasteiger partial charge < -0.3 is 24.4 Å².